The first-order valence-corrected chi connectivity index (χ1v) is 8.81. The molecule has 132 valence electrons. The number of nitrogens with two attached hydrogens (primary N) is 1. The van der Waals surface area contributed by atoms with Gasteiger partial charge in [0.15, 0.2) is 0 Å². The molecule has 5 nitrogen and oxygen atoms in total. The van der Waals surface area contributed by atoms with Gasteiger partial charge in [0.05, 0.1) is 0 Å². The third-order valence-corrected chi connectivity index (χ3v) is 4.82. The number of piperidine rings is 1. The largest absolute Gasteiger partial charge is 0.385 e. The summed E-state index contributed by atoms with van der Waals surface area (Å²) in [6.45, 7) is 1.51. The molecule has 2 heterocycles. The SMILES string of the molecule is COCC[C@H]1CCCCN1C(=O)c1ccc(-c2cccnc2N)cc1. The van der Waals surface area contributed by atoms with Crippen LogP contribution in [-0.2, 0) is 4.74 Å². The van der Waals surface area contributed by atoms with E-state index in [1.165, 1.54) is 6.42 Å². The van der Waals surface area contributed by atoms with Gasteiger partial charge in [-0.15, -0.1) is 0 Å². The van der Waals surface area contributed by atoms with Crippen LogP contribution in [0.5, 0.6) is 0 Å². The topological polar surface area (TPSA) is 68.5 Å². The van der Waals surface area contributed by atoms with Gasteiger partial charge in [0, 0.05) is 43.6 Å². The Kier molecular flexibility index (Phi) is 5.66. The normalized spacial score (nSPS) is 17.5. The Bertz CT molecular complexity index is 715. The number of benzene rings is 1. The van der Waals surface area contributed by atoms with E-state index in [1.807, 2.05) is 41.3 Å². The van der Waals surface area contributed by atoms with Gasteiger partial charge in [-0.05, 0) is 55.5 Å². The van der Waals surface area contributed by atoms with Crippen LogP contribution in [0.15, 0.2) is 42.6 Å². The summed E-state index contributed by atoms with van der Waals surface area (Å²) in [4.78, 5) is 19.1. The summed E-state index contributed by atoms with van der Waals surface area (Å²) in [5, 5.41) is 0. The van der Waals surface area contributed by atoms with Crippen molar-refractivity contribution < 1.29 is 9.53 Å². The van der Waals surface area contributed by atoms with E-state index in [4.69, 9.17) is 10.5 Å². The number of aromatic nitrogens is 1. The van der Waals surface area contributed by atoms with Crippen LogP contribution in [0.25, 0.3) is 11.1 Å². The summed E-state index contributed by atoms with van der Waals surface area (Å²) in [6.07, 6.45) is 5.87. The molecule has 1 aromatic heterocycles. The molecule has 1 amide bonds. The van der Waals surface area contributed by atoms with Gasteiger partial charge in [0.1, 0.15) is 5.82 Å². The van der Waals surface area contributed by atoms with Gasteiger partial charge in [-0.1, -0.05) is 12.1 Å². The van der Waals surface area contributed by atoms with Crippen molar-refractivity contribution in [3.05, 3.63) is 48.2 Å². The number of likely N-dealkylation sites (tertiary alicyclic amines) is 1. The molecule has 0 bridgehead atoms. The van der Waals surface area contributed by atoms with Crippen LogP contribution in [-0.4, -0.2) is 42.1 Å². The Morgan fingerprint density at radius 1 is 1.28 bits per heavy atom. The molecule has 0 saturated carbocycles. The fourth-order valence-corrected chi connectivity index (χ4v) is 3.44. The Balaban J connectivity index is 1.77. The smallest absolute Gasteiger partial charge is 0.254 e. The molecular formula is C20H25N3O2. The van der Waals surface area contributed by atoms with Crippen molar-refractivity contribution >= 4 is 11.7 Å². The number of methoxy groups -OCH3 is 1. The molecule has 1 aliphatic heterocycles. The first-order valence-electron chi connectivity index (χ1n) is 8.81. The van der Waals surface area contributed by atoms with E-state index in [9.17, 15) is 4.79 Å². The number of hydrogen-bond donors (Lipinski definition) is 1. The lowest BCUT2D eigenvalue weighted by atomic mass is 9.98. The Morgan fingerprint density at radius 3 is 2.80 bits per heavy atom. The third-order valence-electron chi connectivity index (χ3n) is 4.82. The number of anilines is 1. The van der Waals surface area contributed by atoms with Crippen molar-refractivity contribution in [3.8, 4) is 11.1 Å². The van der Waals surface area contributed by atoms with Crippen molar-refractivity contribution in [2.45, 2.75) is 31.7 Å². The summed E-state index contributed by atoms with van der Waals surface area (Å²) >= 11 is 0. The molecule has 25 heavy (non-hydrogen) atoms. The predicted octanol–water partition coefficient (Wildman–Crippen LogP) is 3.36. The van der Waals surface area contributed by atoms with Crippen LogP contribution in [0.4, 0.5) is 5.82 Å². The van der Waals surface area contributed by atoms with Gasteiger partial charge >= 0.3 is 0 Å². The zero-order valence-corrected chi connectivity index (χ0v) is 14.6. The molecule has 0 radical (unpaired) electrons. The minimum Gasteiger partial charge on any atom is -0.385 e. The van der Waals surface area contributed by atoms with E-state index in [-0.39, 0.29) is 11.9 Å². The average Bonchev–Trinajstić information content (AvgIpc) is 2.66. The maximum atomic E-state index is 12.9. The van der Waals surface area contributed by atoms with Crippen molar-refractivity contribution in [2.75, 3.05) is 26.0 Å². The lowest BCUT2D eigenvalue weighted by molar-refractivity contribution is 0.0553. The second-order valence-corrected chi connectivity index (χ2v) is 6.44. The minimum absolute atomic E-state index is 0.103. The highest BCUT2D eigenvalue weighted by Crippen LogP contribution is 2.26. The molecule has 3 rings (SSSR count). The fourth-order valence-electron chi connectivity index (χ4n) is 3.44. The first-order chi connectivity index (χ1) is 12.2. The molecule has 1 aromatic carbocycles. The van der Waals surface area contributed by atoms with Crippen LogP contribution in [0.3, 0.4) is 0 Å². The van der Waals surface area contributed by atoms with Crippen molar-refractivity contribution in [1.82, 2.24) is 9.88 Å². The molecule has 1 saturated heterocycles. The van der Waals surface area contributed by atoms with E-state index in [1.54, 1.807) is 13.3 Å². The molecular weight excluding hydrogens is 314 g/mol. The Labute approximate surface area is 148 Å². The first kappa shape index (κ1) is 17.4. The second kappa shape index (κ2) is 8.12. The van der Waals surface area contributed by atoms with Crippen LogP contribution in [0, 0.1) is 0 Å². The summed E-state index contributed by atoms with van der Waals surface area (Å²) < 4.78 is 5.20. The Hall–Kier alpha value is -2.40. The van der Waals surface area contributed by atoms with Crippen molar-refractivity contribution in [1.29, 1.82) is 0 Å². The zero-order chi connectivity index (χ0) is 17.6. The number of pyridine rings is 1. The number of nitrogen functional groups attached to an aromatic ring is 1. The molecule has 0 spiro atoms. The number of rotatable bonds is 5. The fraction of sp³-hybridized carbons (Fsp3) is 0.400. The van der Waals surface area contributed by atoms with Gasteiger partial charge in [-0.2, -0.15) is 0 Å². The summed E-state index contributed by atoms with van der Waals surface area (Å²) in [5.41, 5.74) is 8.51. The van der Waals surface area contributed by atoms with E-state index in [2.05, 4.69) is 4.98 Å². The quantitative estimate of drug-likeness (QED) is 0.907. The predicted molar refractivity (Wildman–Crippen MR) is 99.3 cm³/mol. The highest BCUT2D eigenvalue weighted by atomic mass is 16.5. The molecule has 2 N–H and O–H groups in total. The van der Waals surface area contributed by atoms with Gasteiger partial charge < -0.3 is 15.4 Å². The molecule has 0 aliphatic carbocycles. The van der Waals surface area contributed by atoms with Crippen LogP contribution >= 0.6 is 0 Å². The zero-order valence-electron chi connectivity index (χ0n) is 14.6. The third kappa shape index (κ3) is 3.99. The van der Waals surface area contributed by atoms with E-state index in [0.29, 0.717) is 12.4 Å². The van der Waals surface area contributed by atoms with Gasteiger partial charge in [0.25, 0.3) is 5.91 Å². The molecule has 5 heteroatoms. The molecule has 1 aliphatic rings. The van der Waals surface area contributed by atoms with E-state index >= 15 is 0 Å². The summed E-state index contributed by atoms with van der Waals surface area (Å²) in [7, 11) is 1.71. The highest BCUT2D eigenvalue weighted by molar-refractivity contribution is 5.95. The van der Waals surface area contributed by atoms with Crippen LogP contribution in [0.1, 0.15) is 36.0 Å². The number of carbonyl (C=O) groups is 1. The molecule has 0 unspecified atom stereocenters. The molecule has 1 fully saturated rings. The number of carbonyl (C=O) groups excluding carboxylic acids is 1. The van der Waals surface area contributed by atoms with Gasteiger partial charge in [0.2, 0.25) is 0 Å². The molecule has 2 aromatic rings. The number of nitrogens with zero attached hydrogens (tertiary/aromatic N) is 2. The highest BCUT2D eigenvalue weighted by Gasteiger charge is 2.27. The van der Waals surface area contributed by atoms with Crippen molar-refractivity contribution in [3.63, 3.8) is 0 Å². The van der Waals surface area contributed by atoms with E-state index < -0.39 is 0 Å². The lowest BCUT2D eigenvalue weighted by Crippen LogP contribution is -2.44. The van der Waals surface area contributed by atoms with Crippen LogP contribution < -0.4 is 5.73 Å². The van der Waals surface area contributed by atoms with Gasteiger partial charge in [-0.25, -0.2) is 4.98 Å². The monoisotopic (exact) mass is 339 g/mol. The summed E-state index contributed by atoms with van der Waals surface area (Å²) in [6, 6.07) is 11.7. The minimum atomic E-state index is 0.103. The summed E-state index contributed by atoms with van der Waals surface area (Å²) in [5.74, 6) is 0.601. The Morgan fingerprint density at radius 2 is 2.08 bits per heavy atom. The van der Waals surface area contributed by atoms with Gasteiger partial charge in [-0.3, -0.25) is 4.79 Å². The standard InChI is InChI=1S/C20H25N3O2/c1-25-14-11-17-5-2-3-13-23(17)20(24)16-9-7-15(8-10-16)18-6-4-12-22-19(18)21/h4,6-10,12,17H,2-3,5,11,13-14H2,1H3,(H2,21,22)/t17-/m1/s1. The second-order valence-electron chi connectivity index (χ2n) is 6.44. The maximum absolute atomic E-state index is 12.9. The number of ether oxygens (including phenoxy) is 1. The molecule has 1 atom stereocenters. The lowest BCUT2D eigenvalue weighted by Gasteiger charge is -2.36. The maximum Gasteiger partial charge on any atom is 0.254 e. The number of hydrogen-bond acceptors (Lipinski definition) is 4. The van der Waals surface area contributed by atoms with Crippen molar-refractivity contribution in [2.24, 2.45) is 0 Å². The van der Waals surface area contributed by atoms with E-state index in [0.717, 1.165) is 42.5 Å². The number of amides is 1. The van der Waals surface area contributed by atoms with Crippen LogP contribution in [0.2, 0.25) is 0 Å². The average molecular weight is 339 g/mol.